The van der Waals surface area contributed by atoms with Gasteiger partial charge in [0.25, 0.3) is 5.88 Å². The first kappa shape index (κ1) is 19.6. The van der Waals surface area contributed by atoms with Crippen LogP contribution in [-0.2, 0) is 16.6 Å². The molecule has 0 radical (unpaired) electrons. The number of hydrogen-bond donors (Lipinski definition) is 1. The molecule has 27 heavy (non-hydrogen) atoms. The zero-order chi connectivity index (χ0) is 19.3. The van der Waals surface area contributed by atoms with Gasteiger partial charge < -0.3 is 10.1 Å². The van der Waals surface area contributed by atoms with E-state index in [9.17, 15) is 8.42 Å². The Bertz CT molecular complexity index is 865. The van der Waals surface area contributed by atoms with E-state index in [2.05, 4.69) is 15.3 Å². The van der Waals surface area contributed by atoms with Gasteiger partial charge in [-0.15, -0.1) is 0 Å². The molecule has 0 spiro atoms. The standard InChI is InChI=1S/C19H26N4O3S/c1-15(2)26-19-18(20-9-10-21-19)22-14-16-7-6-8-17(13-16)27(24,25)23-11-4-3-5-12-23/h6-10,13,15H,3-5,11-12,14H2,1-2H3,(H,20,22). The molecule has 0 amide bonds. The molecule has 0 bridgehead atoms. The number of hydrogen-bond acceptors (Lipinski definition) is 6. The number of nitrogens with zero attached hydrogens (tertiary/aromatic N) is 3. The Balaban J connectivity index is 1.73. The monoisotopic (exact) mass is 390 g/mol. The molecule has 1 aromatic heterocycles. The predicted octanol–water partition coefficient (Wildman–Crippen LogP) is 3.05. The van der Waals surface area contributed by atoms with E-state index in [-0.39, 0.29) is 6.10 Å². The molecule has 146 valence electrons. The Hall–Kier alpha value is -2.19. The number of piperidine rings is 1. The topological polar surface area (TPSA) is 84.4 Å². The highest BCUT2D eigenvalue weighted by molar-refractivity contribution is 7.89. The summed E-state index contributed by atoms with van der Waals surface area (Å²) < 4.78 is 32.9. The Labute approximate surface area is 160 Å². The quantitative estimate of drug-likeness (QED) is 0.782. The van der Waals surface area contributed by atoms with Crippen LogP contribution >= 0.6 is 0 Å². The molecule has 1 aliphatic rings. The van der Waals surface area contributed by atoms with Crippen LogP contribution < -0.4 is 10.1 Å². The van der Waals surface area contributed by atoms with Crippen molar-refractivity contribution in [1.82, 2.24) is 14.3 Å². The van der Waals surface area contributed by atoms with Gasteiger partial charge in [0.1, 0.15) is 0 Å². The van der Waals surface area contributed by atoms with Gasteiger partial charge in [-0.25, -0.2) is 18.4 Å². The van der Waals surface area contributed by atoms with Crippen molar-refractivity contribution < 1.29 is 13.2 Å². The largest absolute Gasteiger partial charge is 0.472 e. The van der Waals surface area contributed by atoms with Gasteiger partial charge in [-0.1, -0.05) is 18.6 Å². The fourth-order valence-corrected chi connectivity index (χ4v) is 4.60. The third-order valence-electron chi connectivity index (χ3n) is 4.32. The van der Waals surface area contributed by atoms with E-state index in [1.54, 1.807) is 34.9 Å². The maximum absolute atomic E-state index is 12.9. The fourth-order valence-electron chi connectivity index (χ4n) is 3.01. The summed E-state index contributed by atoms with van der Waals surface area (Å²) in [6, 6.07) is 7.04. The van der Waals surface area contributed by atoms with Crippen LogP contribution in [0.4, 0.5) is 5.82 Å². The summed E-state index contributed by atoms with van der Waals surface area (Å²) in [5, 5.41) is 3.19. The lowest BCUT2D eigenvalue weighted by Crippen LogP contribution is -2.35. The van der Waals surface area contributed by atoms with Crippen LogP contribution in [0.3, 0.4) is 0 Å². The highest BCUT2D eigenvalue weighted by Gasteiger charge is 2.25. The maximum Gasteiger partial charge on any atom is 0.257 e. The minimum Gasteiger partial charge on any atom is -0.472 e. The van der Waals surface area contributed by atoms with Crippen molar-refractivity contribution in [3.63, 3.8) is 0 Å². The van der Waals surface area contributed by atoms with Crippen molar-refractivity contribution in [2.24, 2.45) is 0 Å². The van der Waals surface area contributed by atoms with Crippen LogP contribution in [0.15, 0.2) is 41.6 Å². The van der Waals surface area contributed by atoms with Crippen LogP contribution in [0.1, 0.15) is 38.7 Å². The second-order valence-electron chi connectivity index (χ2n) is 6.84. The molecule has 2 heterocycles. The maximum atomic E-state index is 12.9. The van der Waals surface area contributed by atoms with E-state index in [4.69, 9.17) is 4.74 Å². The molecule has 2 aromatic rings. The lowest BCUT2D eigenvalue weighted by molar-refractivity contribution is 0.233. The van der Waals surface area contributed by atoms with Crippen molar-refractivity contribution in [3.8, 4) is 5.88 Å². The molecule has 0 unspecified atom stereocenters. The normalized spacial score (nSPS) is 15.7. The van der Waals surface area contributed by atoms with Gasteiger partial charge >= 0.3 is 0 Å². The van der Waals surface area contributed by atoms with Gasteiger partial charge in [-0.05, 0) is 44.4 Å². The first-order chi connectivity index (χ1) is 13.0. The molecule has 7 nitrogen and oxygen atoms in total. The molecular formula is C19H26N4O3S. The van der Waals surface area contributed by atoms with E-state index in [0.29, 0.717) is 36.2 Å². The molecule has 8 heteroatoms. The molecule has 0 aliphatic carbocycles. The van der Waals surface area contributed by atoms with E-state index in [0.717, 1.165) is 24.8 Å². The SMILES string of the molecule is CC(C)Oc1nccnc1NCc1cccc(S(=O)(=O)N2CCCCC2)c1. The average molecular weight is 391 g/mol. The zero-order valence-electron chi connectivity index (χ0n) is 15.8. The van der Waals surface area contributed by atoms with Crippen LogP contribution in [-0.4, -0.2) is 41.9 Å². The van der Waals surface area contributed by atoms with Gasteiger partial charge in [0.05, 0.1) is 11.0 Å². The van der Waals surface area contributed by atoms with Crippen molar-refractivity contribution in [2.75, 3.05) is 18.4 Å². The summed E-state index contributed by atoms with van der Waals surface area (Å²) in [6.07, 6.45) is 6.09. The fraction of sp³-hybridized carbons (Fsp3) is 0.474. The molecule has 1 saturated heterocycles. The van der Waals surface area contributed by atoms with Crippen molar-refractivity contribution >= 4 is 15.8 Å². The van der Waals surface area contributed by atoms with Crippen molar-refractivity contribution in [3.05, 3.63) is 42.2 Å². The van der Waals surface area contributed by atoms with E-state index in [1.807, 2.05) is 19.9 Å². The highest BCUT2D eigenvalue weighted by Crippen LogP contribution is 2.23. The molecule has 3 rings (SSSR count). The number of nitrogens with one attached hydrogen (secondary N) is 1. The minimum absolute atomic E-state index is 0.0136. The molecule has 1 N–H and O–H groups in total. The van der Waals surface area contributed by atoms with Crippen molar-refractivity contribution in [1.29, 1.82) is 0 Å². The van der Waals surface area contributed by atoms with E-state index < -0.39 is 10.0 Å². The van der Waals surface area contributed by atoms with E-state index in [1.165, 1.54) is 0 Å². The lowest BCUT2D eigenvalue weighted by atomic mass is 10.2. The third-order valence-corrected chi connectivity index (χ3v) is 6.22. The molecular weight excluding hydrogens is 364 g/mol. The van der Waals surface area contributed by atoms with Gasteiger partial charge in [-0.3, -0.25) is 0 Å². The molecule has 0 atom stereocenters. The Morgan fingerprint density at radius 3 is 2.63 bits per heavy atom. The summed E-state index contributed by atoms with van der Waals surface area (Å²) in [7, 11) is -3.44. The molecule has 0 saturated carbocycles. The Morgan fingerprint density at radius 1 is 1.15 bits per heavy atom. The highest BCUT2D eigenvalue weighted by atomic mass is 32.2. The summed E-state index contributed by atoms with van der Waals surface area (Å²) in [6.45, 7) is 5.47. The average Bonchev–Trinajstić information content (AvgIpc) is 2.68. The smallest absolute Gasteiger partial charge is 0.257 e. The Kier molecular flexibility index (Phi) is 6.28. The van der Waals surface area contributed by atoms with Crippen LogP contribution in [0, 0.1) is 0 Å². The predicted molar refractivity (Wildman–Crippen MR) is 104 cm³/mol. The van der Waals surface area contributed by atoms with Gasteiger partial charge in [-0.2, -0.15) is 4.31 Å². The lowest BCUT2D eigenvalue weighted by Gasteiger charge is -2.26. The zero-order valence-corrected chi connectivity index (χ0v) is 16.6. The Morgan fingerprint density at radius 2 is 1.89 bits per heavy atom. The number of rotatable bonds is 7. The first-order valence-corrected chi connectivity index (χ1v) is 10.7. The van der Waals surface area contributed by atoms with Gasteiger partial charge in [0, 0.05) is 32.0 Å². The summed E-state index contributed by atoms with van der Waals surface area (Å²) >= 11 is 0. The van der Waals surface area contributed by atoms with Crippen LogP contribution in [0.5, 0.6) is 5.88 Å². The number of aromatic nitrogens is 2. The number of ether oxygens (including phenoxy) is 1. The summed E-state index contributed by atoms with van der Waals surface area (Å²) in [5.74, 6) is 0.972. The van der Waals surface area contributed by atoms with E-state index >= 15 is 0 Å². The summed E-state index contributed by atoms with van der Waals surface area (Å²) in [4.78, 5) is 8.80. The number of anilines is 1. The van der Waals surface area contributed by atoms with Crippen LogP contribution in [0.25, 0.3) is 0 Å². The van der Waals surface area contributed by atoms with Gasteiger partial charge in [0.2, 0.25) is 10.0 Å². The molecule has 1 fully saturated rings. The third kappa shape index (κ3) is 4.95. The number of benzene rings is 1. The van der Waals surface area contributed by atoms with Crippen LogP contribution in [0.2, 0.25) is 0 Å². The molecule has 1 aromatic carbocycles. The number of sulfonamides is 1. The van der Waals surface area contributed by atoms with Gasteiger partial charge in [0.15, 0.2) is 5.82 Å². The molecule has 1 aliphatic heterocycles. The second kappa shape index (κ2) is 8.67. The minimum atomic E-state index is -3.44. The second-order valence-corrected chi connectivity index (χ2v) is 8.78. The van der Waals surface area contributed by atoms with Crippen molar-refractivity contribution in [2.45, 2.75) is 50.7 Å². The summed E-state index contributed by atoms with van der Waals surface area (Å²) in [5.41, 5.74) is 0.856. The first-order valence-electron chi connectivity index (χ1n) is 9.27.